The molecule has 0 aromatic heterocycles. The van der Waals surface area contributed by atoms with Crippen molar-refractivity contribution in [1.29, 1.82) is 0 Å². The van der Waals surface area contributed by atoms with Crippen molar-refractivity contribution >= 4 is 11.6 Å². The summed E-state index contributed by atoms with van der Waals surface area (Å²) in [5.41, 5.74) is 0. The van der Waals surface area contributed by atoms with E-state index in [0.717, 1.165) is 0 Å². The number of ether oxygens (including phenoxy) is 1. The largest absolute Gasteiger partial charge is 2.00 e. The molecular formula is C8H14CoO3+2. The molecular weight excluding hydrogens is 203 g/mol. The summed E-state index contributed by atoms with van der Waals surface area (Å²) in [6, 6.07) is 0. The van der Waals surface area contributed by atoms with Gasteiger partial charge < -0.3 is 4.74 Å². The molecule has 0 aromatic carbocycles. The predicted molar refractivity (Wildman–Crippen MR) is 41.4 cm³/mol. The second-order valence-corrected chi connectivity index (χ2v) is 2.79. The summed E-state index contributed by atoms with van der Waals surface area (Å²) in [4.78, 5) is 21.6. The van der Waals surface area contributed by atoms with Gasteiger partial charge in [-0.25, -0.2) is 0 Å². The Kier molecular flexibility index (Phi) is 7.57. The van der Waals surface area contributed by atoms with E-state index >= 15 is 0 Å². The van der Waals surface area contributed by atoms with Crippen LogP contribution in [0.15, 0.2) is 0 Å². The summed E-state index contributed by atoms with van der Waals surface area (Å²) in [5, 5.41) is 0. The molecule has 0 unspecified atom stereocenters. The molecule has 12 heavy (non-hydrogen) atoms. The molecule has 0 aromatic rings. The van der Waals surface area contributed by atoms with Crippen LogP contribution >= 0.6 is 0 Å². The fourth-order valence-electron chi connectivity index (χ4n) is 0.750. The van der Waals surface area contributed by atoms with Crippen molar-refractivity contribution in [3.63, 3.8) is 0 Å². The van der Waals surface area contributed by atoms with Crippen molar-refractivity contribution < 1.29 is 31.1 Å². The van der Waals surface area contributed by atoms with Gasteiger partial charge in [-0.1, -0.05) is 0 Å². The summed E-state index contributed by atoms with van der Waals surface area (Å²) in [5.74, 6) is -0.461. The van der Waals surface area contributed by atoms with Crippen molar-refractivity contribution in [2.45, 2.75) is 39.9 Å². The quantitative estimate of drug-likeness (QED) is 0.658. The number of hydrogen-bond donors (Lipinski definition) is 0. The number of rotatable bonds is 4. The molecule has 3 nitrogen and oxygen atoms in total. The van der Waals surface area contributed by atoms with Gasteiger partial charge in [0.1, 0.15) is 0 Å². The molecule has 0 fully saturated rings. The number of hydrogen-bond acceptors (Lipinski definition) is 3. The van der Waals surface area contributed by atoms with E-state index in [1.54, 1.807) is 13.8 Å². The van der Waals surface area contributed by atoms with E-state index in [-0.39, 0.29) is 34.4 Å². The SMILES string of the molecule is CC(=O)C(OC(C)C)C(C)=O.[Co+2]. The summed E-state index contributed by atoms with van der Waals surface area (Å²) in [6.07, 6.45) is -0.956. The van der Waals surface area contributed by atoms with Crippen molar-refractivity contribution in [3.05, 3.63) is 0 Å². The van der Waals surface area contributed by atoms with Crippen LogP contribution in [0.1, 0.15) is 27.7 Å². The topological polar surface area (TPSA) is 43.4 Å². The van der Waals surface area contributed by atoms with E-state index < -0.39 is 6.10 Å². The zero-order chi connectivity index (χ0) is 9.02. The van der Waals surface area contributed by atoms with Gasteiger partial charge in [-0.15, -0.1) is 0 Å². The monoisotopic (exact) mass is 217 g/mol. The average molecular weight is 217 g/mol. The zero-order valence-corrected chi connectivity index (χ0v) is 8.75. The normalized spacial score (nSPS) is 9.83. The van der Waals surface area contributed by atoms with Crippen LogP contribution in [-0.2, 0) is 31.1 Å². The van der Waals surface area contributed by atoms with Gasteiger partial charge >= 0.3 is 16.8 Å². The predicted octanol–water partition coefficient (Wildman–Crippen LogP) is 0.956. The molecule has 0 aliphatic rings. The molecule has 4 heteroatoms. The number of Topliss-reactive ketones (excluding diaryl/α,β-unsaturated/α-hetero) is 2. The summed E-state index contributed by atoms with van der Waals surface area (Å²) >= 11 is 0. The van der Waals surface area contributed by atoms with Crippen molar-refractivity contribution in [2.24, 2.45) is 0 Å². The third-order valence-electron chi connectivity index (χ3n) is 1.15. The van der Waals surface area contributed by atoms with E-state index in [4.69, 9.17) is 4.74 Å². The van der Waals surface area contributed by atoms with Gasteiger partial charge in [-0.2, -0.15) is 0 Å². The smallest absolute Gasteiger partial charge is 0.360 e. The molecule has 0 spiro atoms. The third kappa shape index (κ3) is 5.46. The Morgan fingerprint density at radius 1 is 1.08 bits per heavy atom. The van der Waals surface area contributed by atoms with Crippen LogP contribution in [0, 0.1) is 0 Å². The summed E-state index contributed by atoms with van der Waals surface area (Å²) in [6.45, 7) is 6.29. The minimum atomic E-state index is -0.866. The van der Waals surface area contributed by atoms with Crippen LogP contribution in [0.3, 0.4) is 0 Å². The van der Waals surface area contributed by atoms with Crippen LogP contribution in [0.2, 0.25) is 0 Å². The maximum absolute atomic E-state index is 10.8. The first-order valence-corrected chi connectivity index (χ1v) is 3.61. The van der Waals surface area contributed by atoms with Crippen LogP contribution in [0.4, 0.5) is 0 Å². The van der Waals surface area contributed by atoms with Gasteiger partial charge in [0.05, 0.1) is 6.10 Å². The second kappa shape index (κ2) is 6.34. The molecule has 0 saturated heterocycles. The molecule has 0 amide bonds. The van der Waals surface area contributed by atoms with E-state index in [0.29, 0.717) is 0 Å². The summed E-state index contributed by atoms with van der Waals surface area (Å²) in [7, 11) is 0. The van der Waals surface area contributed by atoms with Gasteiger partial charge in [-0.05, 0) is 27.7 Å². The van der Waals surface area contributed by atoms with Gasteiger partial charge in [0.2, 0.25) is 0 Å². The molecule has 71 valence electrons. The number of ketones is 2. The van der Waals surface area contributed by atoms with Gasteiger partial charge in [0.15, 0.2) is 17.7 Å². The Bertz CT molecular complexity index is 152. The molecule has 0 heterocycles. The van der Waals surface area contributed by atoms with Crippen LogP contribution in [-0.4, -0.2) is 23.8 Å². The first-order chi connectivity index (χ1) is 4.95. The molecule has 0 aliphatic heterocycles. The van der Waals surface area contributed by atoms with Gasteiger partial charge in [-0.3, -0.25) is 9.59 Å². The van der Waals surface area contributed by atoms with E-state index in [9.17, 15) is 9.59 Å². The van der Waals surface area contributed by atoms with Crippen LogP contribution in [0.5, 0.6) is 0 Å². The molecule has 0 bridgehead atoms. The maximum atomic E-state index is 10.8. The van der Waals surface area contributed by atoms with Crippen molar-refractivity contribution in [2.75, 3.05) is 0 Å². The van der Waals surface area contributed by atoms with E-state index in [1.165, 1.54) is 13.8 Å². The molecule has 0 atom stereocenters. The standard InChI is InChI=1S/C8H14O3.Co/c1-5(2)11-8(6(3)9)7(4)10;/h5,8H,1-4H3;/q;+2. The van der Waals surface area contributed by atoms with Crippen molar-refractivity contribution in [3.8, 4) is 0 Å². The second-order valence-electron chi connectivity index (χ2n) is 2.79. The first-order valence-electron chi connectivity index (χ1n) is 3.61. The molecule has 0 rings (SSSR count). The van der Waals surface area contributed by atoms with E-state index in [2.05, 4.69) is 0 Å². The fourth-order valence-corrected chi connectivity index (χ4v) is 0.750. The minimum absolute atomic E-state index is 0. The molecule has 0 N–H and O–H groups in total. The number of carbonyl (C=O) groups excluding carboxylic acids is 2. The van der Waals surface area contributed by atoms with E-state index in [1.807, 2.05) is 0 Å². The fraction of sp³-hybridized carbons (Fsp3) is 0.750. The molecule has 1 radical (unpaired) electrons. The zero-order valence-electron chi connectivity index (χ0n) is 7.71. The van der Waals surface area contributed by atoms with Crippen LogP contribution in [0.25, 0.3) is 0 Å². The Morgan fingerprint density at radius 3 is 1.50 bits per heavy atom. The maximum Gasteiger partial charge on any atom is 2.00 e. The first kappa shape index (κ1) is 14.3. The Hall–Kier alpha value is -0.194. The van der Waals surface area contributed by atoms with Gasteiger partial charge in [0.25, 0.3) is 0 Å². The molecule has 0 aliphatic carbocycles. The summed E-state index contributed by atoms with van der Waals surface area (Å²) < 4.78 is 5.07. The van der Waals surface area contributed by atoms with Crippen molar-refractivity contribution in [1.82, 2.24) is 0 Å². The third-order valence-corrected chi connectivity index (χ3v) is 1.15. The Labute approximate surface area is 83.1 Å². The average Bonchev–Trinajstić information content (AvgIpc) is 1.81. The minimum Gasteiger partial charge on any atom is -0.360 e. The number of carbonyl (C=O) groups is 2. The Balaban J connectivity index is 0. The molecule has 0 saturated carbocycles. The Morgan fingerprint density at radius 2 is 1.42 bits per heavy atom. The van der Waals surface area contributed by atoms with Crippen LogP contribution < -0.4 is 0 Å². The van der Waals surface area contributed by atoms with Gasteiger partial charge in [0, 0.05) is 0 Å².